The van der Waals surface area contributed by atoms with Crippen LogP contribution in [0.2, 0.25) is 5.02 Å². The summed E-state index contributed by atoms with van der Waals surface area (Å²) in [5.74, 6) is -0.104. The molecule has 0 unspecified atom stereocenters. The molecule has 1 rings (SSSR count). The van der Waals surface area contributed by atoms with Gasteiger partial charge in [-0.05, 0) is 24.1 Å². The molecule has 18 heavy (non-hydrogen) atoms. The largest absolute Gasteiger partial charge is 0.399 e. The molecule has 0 heterocycles. The second-order valence-electron chi connectivity index (χ2n) is 4.56. The zero-order valence-electron chi connectivity index (χ0n) is 10.5. The standard InChI is InChI=1S/C13H17ClN2O2/c1-8(2)5-10(17)7-16-13(18)11-6-9(15)3-4-12(11)14/h3-4,6,8H,5,7,15H2,1-2H3,(H,16,18). The Bertz CT molecular complexity index is 458. The van der Waals surface area contributed by atoms with Crippen molar-refractivity contribution in [2.45, 2.75) is 20.3 Å². The number of ketones is 1. The number of carbonyl (C=O) groups excluding carboxylic acids is 2. The number of Topliss-reactive ketones (excluding diaryl/α,β-unsaturated/α-hetero) is 1. The van der Waals surface area contributed by atoms with Gasteiger partial charge in [-0.2, -0.15) is 0 Å². The van der Waals surface area contributed by atoms with Gasteiger partial charge in [-0.1, -0.05) is 25.4 Å². The summed E-state index contributed by atoms with van der Waals surface area (Å²) in [5.41, 5.74) is 6.32. The van der Waals surface area contributed by atoms with Gasteiger partial charge in [-0.25, -0.2) is 0 Å². The molecule has 0 fully saturated rings. The first-order valence-corrected chi connectivity index (χ1v) is 6.13. The van der Waals surface area contributed by atoms with Gasteiger partial charge in [-0.3, -0.25) is 9.59 Å². The van der Waals surface area contributed by atoms with E-state index in [4.69, 9.17) is 17.3 Å². The Hall–Kier alpha value is -1.55. The second kappa shape index (κ2) is 6.40. The third-order valence-corrected chi connectivity index (χ3v) is 2.65. The van der Waals surface area contributed by atoms with Crippen molar-refractivity contribution in [1.29, 1.82) is 0 Å². The number of hydrogen-bond donors (Lipinski definition) is 2. The number of amides is 1. The summed E-state index contributed by atoms with van der Waals surface area (Å²) in [7, 11) is 0. The third-order valence-electron chi connectivity index (χ3n) is 2.32. The Morgan fingerprint density at radius 3 is 2.67 bits per heavy atom. The van der Waals surface area contributed by atoms with Crippen LogP contribution >= 0.6 is 11.6 Å². The maximum absolute atomic E-state index is 11.8. The van der Waals surface area contributed by atoms with Gasteiger partial charge in [0.05, 0.1) is 17.1 Å². The Labute approximate surface area is 112 Å². The van der Waals surface area contributed by atoms with Crippen molar-refractivity contribution in [2.75, 3.05) is 12.3 Å². The van der Waals surface area contributed by atoms with Gasteiger partial charge in [0.25, 0.3) is 5.91 Å². The maximum atomic E-state index is 11.8. The highest BCUT2D eigenvalue weighted by molar-refractivity contribution is 6.34. The van der Waals surface area contributed by atoms with Crippen LogP contribution in [-0.2, 0) is 4.79 Å². The summed E-state index contributed by atoms with van der Waals surface area (Å²) < 4.78 is 0. The first-order chi connectivity index (χ1) is 8.40. The molecule has 0 aliphatic heterocycles. The van der Waals surface area contributed by atoms with Gasteiger partial charge in [0, 0.05) is 12.1 Å². The van der Waals surface area contributed by atoms with E-state index in [2.05, 4.69) is 5.32 Å². The summed E-state index contributed by atoms with van der Waals surface area (Å²) in [6.45, 7) is 3.92. The van der Waals surface area contributed by atoms with E-state index in [1.165, 1.54) is 6.07 Å². The SMILES string of the molecule is CC(C)CC(=O)CNC(=O)c1cc(N)ccc1Cl. The highest BCUT2D eigenvalue weighted by Crippen LogP contribution is 2.18. The van der Waals surface area contributed by atoms with E-state index in [-0.39, 0.29) is 29.7 Å². The molecule has 5 heteroatoms. The summed E-state index contributed by atoms with van der Waals surface area (Å²) in [6, 6.07) is 4.66. The third kappa shape index (κ3) is 4.37. The minimum Gasteiger partial charge on any atom is -0.399 e. The van der Waals surface area contributed by atoms with Crippen molar-refractivity contribution in [1.82, 2.24) is 5.32 Å². The molecule has 0 bridgehead atoms. The maximum Gasteiger partial charge on any atom is 0.253 e. The first kappa shape index (κ1) is 14.5. The molecule has 1 aromatic carbocycles. The lowest BCUT2D eigenvalue weighted by atomic mass is 10.1. The van der Waals surface area contributed by atoms with Crippen molar-refractivity contribution < 1.29 is 9.59 Å². The average molecular weight is 269 g/mol. The number of nitrogens with one attached hydrogen (secondary N) is 1. The molecule has 3 N–H and O–H groups in total. The molecule has 0 saturated carbocycles. The molecule has 0 saturated heterocycles. The van der Waals surface area contributed by atoms with Gasteiger partial charge in [-0.15, -0.1) is 0 Å². The van der Waals surface area contributed by atoms with Crippen LogP contribution in [0.25, 0.3) is 0 Å². The van der Waals surface area contributed by atoms with E-state index in [1.807, 2.05) is 13.8 Å². The first-order valence-electron chi connectivity index (χ1n) is 5.75. The minimum absolute atomic E-state index is 0.00150. The number of carbonyl (C=O) groups is 2. The van der Waals surface area contributed by atoms with Gasteiger partial charge >= 0.3 is 0 Å². The van der Waals surface area contributed by atoms with Crippen molar-refractivity contribution in [3.05, 3.63) is 28.8 Å². The van der Waals surface area contributed by atoms with Crippen molar-refractivity contribution in [3.63, 3.8) is 0 Å². The van der Waals surface area contributed by atoms with Crippen molar-refractivity contribution in [2.24, 2.45) is 5.92 Å². The molecule has 4 nitrogen and oxygen atoms in total. The summed E-state index contributed by atoms with van der Waals surface area (Å²) in [5, 5.41) is 2.86. The van der Waals surface area contributed by atoms with E-state index in [1.54, 1.807) is 12.1 Å². The molecule has 0 radical (unpaired) electrons. The van der Waals surface area contributed by atoms with Crippen LogP contribution < -0.4 is 11.1 Å². The lowest BCUT2D eigenvalue weighted by Crippen LogP contribution is -2.30. The molecule has 1 amide bonds. The molecule has 0 spiro atoms. The summed E-state index contributed by atoms with van der Waals surface area (Å²) in [6.07, 6.45) is 0.449. The molecule has 0 aliphatic rings. The van der Waals surface area contributed by atoms with Crippen LogP contribution in [0, 0.1) is 5.92 Å². The van der Waals surface area contributed by atoms with E-state index in [0.29, 0.717) is 17.1 Å². The van der Waals surface area contributed by atoms with Crippen LogP contribution in [0.1, 0.15) is 30.6 Å². The Balaban J connectivity index is 2.60. The van der Waals surface area contributed by atoms with Gasteiger partial charge in [0.15, 0.2) is 5.78 Å². The predicted octanol–water partition coefficient (Wildman–Crippen LogP) is 2.27. The van der Waals surface area contributed by atoms with E-state index >= 15 is 0 Å². The van der Waals surface area contributed by atoms with Crippen LogP contribution in [0.4, 0.5) is 5.69 Å². The van der Waals surface area contributed by atoms with Gasteiger partial charge in [0.2, 0.25) is 0 Å². The van der Waals surface area contributed by atoms with Crippen molar-refractivity contribution >= 4 is 29.0 Å². The van der Waals surface area contributed by atoms with Crippen LogP contribution in [0.15, 0.2) is 18.2 Å². The quantitative estimate of drug-likeness (QED) is 0.805. The fraction of sp³-hybridized carbons (Fsp3) is 0.385. The van der Waals surface area contributed by atoms with Crippen LogP contribution in [0.5, 0.6) is 0 Å². The Morgan fingerprint density at radius 1 is 1.39 bits per heavy atom. The highest BCUT2D eigenvalue weighted by atomic mass is 35.5. The number of hydrogen-bond acceptors (Lipinski definition) is 3. The molecule has 0 aliphatic carbocycles. The lowest BCUT2D eigenvalue weighted by molar-refractivity contribution is -0.118. The number of anilines is 1. The normalized spacial score (nSPS) is 10.4. The predicted molar refractivity (Wildman–Crippen MR) is 72.7 cm³/mol. The molecule has 98 valence electrons. The topological polar surface area (TPSA) is 72.2 Å². The Kier molecular flexibility index (Phi) is 5.16. The molecule has 0 aromatic heterocycles. The zero-order chi connectivity index (χ0) is 13.7. The minimum atomic E-state index is -0.385. The van der Waals surface area contributed by atoms with E-state index in [9.17, 15) is 9.59 Å². The molecular weight excluding hydrogens is 252 g/mol. The monoisotopic (exact) mass is 268 g/mol. The lowest BCUT2D eigenvalue weighted by Gasteiger charge is -2.08. The van der Waals surface area contributed by atoms with Crippen LogP contribution in [0.3, 0.4) is 0 Å². The van der Waals surface area contributed by atoms with Gasteiger partial charge < -0.3 is 11.1 Å². The fourth-order valence-electron chi connectivity index (χ4n) is 1.52. The molecular formula is C13H17ClN2O2. The van der Waals surface area contributed by atoms with Gasteiger partial charge in [0.1, 0.15) is 0 Å². The Morgan fingerprint density at radius 2 is 2.06 bits per heavy atom. The van der Waals surface area contributed by atoms with Crippen LogP contribution in [-0.4, -0.2) is 18.2 Å². The molecule has 0 atom stereocenters. The number of halogens is 1. The number of nitrogens with two attached hydrogens (primary N) is 1. The smallest absolute Gasteiger partial charge is 0.253 e. The number of benzene rings is 1. The number of rotatable bonds is 5. The summed E-state index contributed by atoms with van der Waals surface area (Å²) >= 11 is 5.89. The summed E-state index contributed by atoms with van der Waals surface area (Å²) in [4.78, 5) is 23.3. The van der Waals surface area contributed by atoms with Crippen molar-refractivity contribution in [3.8, 4) is 0 Å². The second-order valence-corrected chi connectivity index (χ2v) is 4.97. The zero-order valence-corrected chi connectivity index (χ0v) is 11.3. The average Bonchev–Trinajstić information content (AvgIpc) is 2.28. The van der Waals surface area contributed by atoms with E-state index < -0.39 is 0 Å². The molecule has 1 aromatic rings. The highest BCUT2D eigenvalue weighted by Gasteiger charge is 2.12. The van der Waals surface area contributed by atoms with E-state index in [0.717, 1.165) is 0 Å². The fourth-order valence-corrected chi connectivity index (χ4v) is 1.72. The number of nitrogen functional groups attached to an aromatic ring is 1.